The fourth-order valence-corrected chi connectivity index (χ4v) is 3.00. The predicted octanol–water partition coefficient (Wildman–Crippen LogP) is 5.80. The van der Waals surface area contributed by atoms with Gasteiger partial charge in [0, 0.05) is 27.3 Å². The number of anilines is 1. The summed E-state index contributed by atoms with van der Waals surface area (Å²) in [6.07, 6.45) is 0. The van der Waals surface area contributed by atoms with Crippen molar-refractivity contribution in [2.75, 3.05) is 5.43 Å². The van der Waals surface area contributed by atoms with Crippen molar-refractivity contribution in [2.45, 2.75) is 13.2 Å². The lowest BCUT2D eigenvalue weighted by Crippen LogP contribution is -2.21. The largest absolute Gasteiger partial charge is 0.489 e. The molecule has 3 aromatic carbocycles. The Hall–Kier alpha value is -2.01. The summed E-state index contributed by atoms with van der Waals surface area (Å²) in [4.78, 5) is 0. The van der Waals surface area contributed by atoms with E-state index >= 15 is 0 Å². The fourth-order valence-electron chi connectivity index (χ4n) is 2.38. The van der Waals surface area contributed by atoms with Crippen LogP contribution in [0.5, 0.6) is 5.75 Å². The third-order valence-electron chi connectivity index (χ3n) is 3.59. The molecule has 5 heteroatoms. The molecule has 3 rings (SSSR count). The summed E-state index contributed by atoms with van der Waals surface area (Å²) < 4.78 is 7.00. The Morgan fingerprint density at radius 1 is 0.920 bits per heavy atom. The van der Waals surface area contributed by atoms with Crippen LogP contribution in [-0.2, 0) is 13.2 Å². The maximum absolute atomic E-state index is 6.03. The molecule has 0 radical (unpaired) electrons. The summed E-state index contributed by atoms with van der Waals surface area (Å²) >= 11 is 9.54. The van der Waals surface area contributed by atoms with Crippen LogP contribution in [0, 0.1) is 0 Å². The highest BCUT2D eigenvalue weighted by Crippen LogP contribution is 2.24. The Kier molecular flexibility index (Phi) is 6.34. The average molecular weight is 418 g/mol. The standard InChI is InChI=1S/C20H18BrClN2O/c21-17-9-10-20(25-14-15-5-4-6-18(22)11-15)16(12-17)13-23-24-19-7-2-1-3-8-19/h1-12,23-24H,13-14H2. The van der Waals surface area contributed by atoms with Crippen molar-refractivity contribution in [3.8, 4) is 5.75 Å². The van der Waals surface area contributed by atoms with Crippen LogP contribution in [0.4, 0.5) is 5.69 Å². The zero-order chi connectivity index (χ0) is 17.5. The molecule has 0 heterocycles. The van der Waals surface area contributed by atoms with Crippen molar-refractivity contribution in [3.63, 3.8) is 0 Å². The normalized spacial score (nSPS) is 10.5. The minimum Gasteiger partial charge on any atom is -0.489 e. The monoisotopic (exact) mass is 416 g/mol. The molecule has 0 aliphatic rings. The molecule has 0 atom stereocenters. The molecule has 128 valence electrons. The summed E-state index contributed by atoms with van der Waals surface area (Å²) in [6.45, 7) is 1.10. The summed E-state index contributed by atoms with van der Waals surface area (Å²) in [6, 6.07) is 23.7. The van der Waals surface area contributed by atoms with Crippen LogP contribution in [0.15, 0.2) is 77.3 Å². The zero-order valence-electron chi connectivity index (χ0n) is 13.5. The van der Waals surface area contributed by atoms with E-state index in [0.717, 1.165) is 27.0 Å². The molecule has 0 saturated heterocycles. The molecule has 0 amide bonds. The highest BCUT2D eigenvalue weighted by molar-refractivity contribution is 9.10. The maximum Gasteiger partial charge on any atom is 0.124 e. The Bertz CT molecular complexity index is 827. The van der Waals surface area contributed by atoms with Gasteiger partial charge in [-0.05, 0) is 48.0 Å². The van der Waals surface area contributed by atoms with Gasteiger partial charge in [0.2, 0.25) is 0 Å². The molecule has 0 spiro atoms. The number of rotatable bonds is 7. The predicted molar refractivity (Wildman–Crippen MR) is 107 cm³/mol. The van der Waals surface area contributed by atoms with Crippen molar-refractivity contribution in [2.24, 2.45) is 0 Å². The van der Waals surface area contributed by atoms with Gasteiger partial charge in [-0.25, -0.2) is 5.43 Å². The van der Waals surface area contributed by atoms with Crippen LogP contribution in [0.1, 0.15) is 11.1 Å². The minimum atomic E-state index is 0.474. The summed E-state index contributed by atoms with van der Waals surface area (Å²) in [5.74, 6) is 0.838. The van der Waals surface area contributed by atoms with Gasteiger partial charge in [-0.15, -0.1) is 0 Å². The highest BCUT2D eigenvalue weighted by atomic mass is 79.9. The van der Waals surface area contributed by atoms with E-state index in [9.17, 15) is 0 Å². The lowest BCUT2D eigenvalue weighted by atomic mass is 10.2. The van der Waals surface area contributed by atoms with Crippen molar-refractivity contribution in [3.05, 3.63) is 93.4 Å². The van der Waals surface area contributed by atoms with Gasteiger partial charge in [-0.1, -0.05) is 57.9 Å². The van der Waals surface area contributed by atoms with E-state index in [1.807, 2.05) is 72.8 Å². The number of halogens is 2. The van der Waals surface area contributed by atoms with Crippen LogP contribution < -0.4 is 15.6 Å². The van der Waals surface area contributed by atoms with Gasteiger partial charge in [0.1, 0.15) is 12.4 Å². The highest BCUT2D eigenvalue weighted by Gasteiger charge is 2.06. The van der Waals surface area contributed by atoms with E-state index in [2.05, 4.69) is 26.8 Å². The number of nitrogens with one attached hydrogen (secondary N) is 2. The molecule has 0 saturated carbocycles. The molecule has 2 N–H and O–H groups in total. The van der Waals surface area contributed by atoms with Crippen molar-refractivity contribution in [1.82, 2.24) is 5.43 Å². The fraction of sp³-hybridized carbons (Fsp3) is 0.100. The van der Waals surface area contributed by atoms with Gasteiger partial charge >= 0.3 is 0 Å². The van der Waals surface area contributed by atoms with Gasteiger partial charge in [0.15, 0.2) is 0 Å². The number of hydrogen-bond donors (Lipinski definition) is 2. The van der Waals surface area contributed by atoms with Crippen LogP contribution >= 0.6 is 27.5 Å². The molecule has 0 bridgehead atoms. The number of para-hydroxylation sites is 1. The summed E-state index contributed by atoms with van der Waals surface area (Å²) in [5.41, 5.74) is 9.51. The van der Waals surface area contributed by atoms with Gasteiger partial charge in [0.25, 0.3) is 0 Å². The SMILES string of the molecule is Clc1cccc(COc2ccc(Br)cc2CNNc2ccccc2)c1. The summed E-state index contributed by atoms with van der Waals surface area (Å²) in [7, 11) is 0. The van der Waals surface area contributed by atoms with Crippen LogP contribution in [0.25, 0.3) is 0 Å². The first-order valence-corrected chi connectivity index (χ1v) is 9.07. The molecule has 0 aliphatic carbocycles. The molecule has 0 unspecified atom stereocenters. The number of hydrogen-bond acceptors (Lipinski definition) is 3. The van der Waals surface area contributed by atoms with E-state index in [1.165, 1.54) is 0 Å². The Morgan fingerprint density at radius 2 is 1.76 bits per heavy atom. The van der Waals surface area contributed by atoms with Crippen LogP contribution in [-0.4, -0.2) is 0 Å². The summed E-state index contributed by atoms with van der Waals surface area (Å²) in [5, 5.41) is 0.714. The molecule has 3 nitrogen and oxygen atoms in total. The van der Waals surface area contributed by atoms with E-state index in [-0.39, 0.29) is 0 Å². The Morgan fingerprint density at radius 3 is 2.56 bits per heavy atom. The number of hydrazine groups is 1. The van der Waals surface area contributed by atoms with E-state index in [0.29, 0.717) is 18.2 Å². The van der Waals surface area contributed by atoms with Gasteiger partial charge in [-0.2, -0.15) is 0 Å². The topological polar surface area (TPSA) is 33.3 Å². The second-order valence-corrected chi connectivity index (χ2v) is 6.87. The third-order valence-corrected chi connectivity index (χ3v) is 4.32. The molecule has 0 aromatic heterocycles. The third kappa shape index (κ3) is 5.49. The quantitative estimate of drug-likeness (QED) is 0.477. The first-order valence-electron chi connectivity index (χ1n) is 7.90. The smallest absolute Gasteiger partial charge is 0.124 e. The van der Waals surface area contributed by atoms with E-state index in [4.69, 9.17) is 16.3 Å². The van der Waals surface area contributed by atoms with Crippen LogP contribution in [0.3, 0.4) is 0 Å². The molecular formula is C20H18BrClN2O. The van der Waals surface area contributed by atoms with Crippen molar-refractivity contribution < 1.29 is 4.74 Å². The average Bonchev–Trinajstić information content (AvgIpc) is 2.62. The van der Waals surface area contributed by atoms with Crippen molar-refractivity contribution >= 4 is 33.2 Å². The maximum atomic E-state index is 6.03. The Labute approximate surface area is 161 Å². The molecule has 0 fully saturated rings. The Balaban J connectivity index is 1.63. The van der Waals surface area contributed by atoms with Gasteiger partial charge in [-0.3, -0.25) is 0 Å². The second-order valence-electron chi connectivity index (χ2n) is 5.52. The van der Waals surface area contributed by atoms with Crippen molar-refractivity contribution in [1.29, 1.82) is 0 Å². The minimum absolute atomic E-state index is 0.474. The lowest BCUT2D eigenvalue weighted by Gasteiger charge is -2.14. The lowest BCUT2D eigenvalue weighted by molar-refractivity contribution is 0.302. The second kappa shape index (κ2) is 8.90. The zero-order valence-corrected chi connectivity index (χ0v) is 15.8. The first-order chi connectivity index (χ1) is 12.2. The molecule has 0 aliphatic heterocycles. The number of ether oxygens (including phenoxy) is 1. The molecule has 3 aromatic rings. The number of benzene rings is 3. The first kappa shape index (κ1) is 17.8. The van der Waals surface area contributed by atoms with E-state index in [1.54, 1.807) is 0 Å². The van der Waals surface area contributed by atoms with Gasteiger partial charge < -0.3 is 10.2 Å². The van der Waals surface area contributed by atoms with Crippen LogP contribution in [0.2, 0.25) is 5.02 Å². The molecular weight excluding hydrogens is 400 g/mol. The van der Waals surface area contributed by atoms with E-state index < -0.39 is 0 Å². The molecule has 25 heavy (non-hydrogen) atoms. The van der Waals surface area contributed by atoms with Gasteiger partial charge in [0.05, 0.1) is 0 Å².